The lowest BCUT2D eigenvalue weighted by Gasteiger charge is -2.16. The third kappa shape index (κ3) is 5.62. The second-order valence-corrected chi connectivity index (χ2v) is 3.65. The van der Waals surface area contributed by atoms with E-state index in [-0.39, 0.29) is 25.8 Å². The molecule has 0 saturated carbocycles. The van der Waals surface area contributed by atoms with E-state index >= 15 is 0 Å². The molecule has 0 radical (unpaired) electrons. The largest absolute Gasteiger partial charge is 0.445 e. The maximum atomic E-state index is 11.5. The molecule has 1 atom stereocenters. The molecule has 1 aromatic carbocycles. The van der Waals surface area contributed by atoms with Crippen LogP contribution in [-0.2, 0) is 16.2 Å². The summed E-state index contributed by atoms with van der Waals surface area (Å²) in [4.78, 5) is 16.4. The van der Waals surface area contributed by atoms with Crippen LogP contribution < -0.4 is 16.5 Å². The van der Waals surface area contributed by atoms with Gasteiger partial charge in [-0.1, -0.05) is 30.3 Å². The van der Waals surface area contributed by atoms with Crippen LogP contribution in [0.4, 0.5) is 4.79 Å². The number of hydrogen-bond acceptors (Lipinski definition) is 5. The first kappa shape index (κ1) is 14.4. The number of nitrogens with two attached hydrogens (primary N) is 1. The zero-order valence-electron chi connectivity index (χ0n) is 10.4. The molecule has 1 rings (SSSR count). The van der Waals surface area contributed by atoms with E-state index in [0.29, 0.717) is 0 Å². The van der Waals surface area contributed by atoms with Crippen LogP contribution in [0.5, 0.6) is 0 Å². The van der Waals surface area contributed by atoms with E-state index in [1.807, 2.05) is 30.3 Å². The first-order valence-corrected chi connectivity index (χ1v) is 5.72. The lowest BCUT2D eigenvalue weighted by Crippen LogP contribution is -2.44. The number of amides is 1. The molecular weight excluding hydrogens is 234 g/mol. The molecule has 1 unspecified atom stereocenters. The third-order valence-corrected chi connectivity index (χ3v) is 2.25. The number of benzene rings is 1. The van der Waals surface area contributed by atoms with Gasteiger partial charge in [0, 0.05) is 13.6 Å². The molecular formula is C12H19N3O3. The molecule has 1 amide bonds. The normalized spacial score (nSPS) is 11.9. The summed E-state index contributed by atoms with van der Waals surface area (Å²) in [6.07, 6.45) is -0.506. The summed E-state index contributed by atoms with van der Waals surface area (Å²) < 4.78 is 5.06. The monoisotopic (exact) mass is 253 g/mol. The van der Waals surface area contributed by atoms with Crippen LogP contribution >= 0.6 is 0 Å². The van der Waals surface area contributed by atoms with Crippen molar-refractivity contribution in [1.29, 1.82) is 0 Å². The molecule has 4 N–H and O–H groups in total. The highest BCUT2D eigenvalue weighted by Crippen LogP contribution is 2.00. The Bertz CT molecular complexity index is 346. The first-order valence-electron chi connectivity index (χ1n) is 5.72. The van der Waals surface area contributed by atoms with Crippen LogP contribution in [0.1, 0.15) is 5.56 Å². The number of carbonyl (C=O) groups excluding carboxylic acids is 1. The maximum Gasteiger partial charge on any atom is 0.407 e. The molecule has 18 heavy (non-hydrogen) atoms. The number of ether oxygens (including phenoxy) is 1. The number of carbonyl (C=O) groups is 1. The van der Waals surface area contributed by atoms with Crippen molar-refractivity contribution in [3.8, 4) is 0 Å². The lowest BCUT2D eigenvalue weighted by molar-refractivity contribution is 0.0409. The summed E-state index contributed by atoms with van der Waals surface area (Å²) in [5.74, 6) is 0. The highest BCUT2D eigenvalue weighted by atomic mass is 16.6. The topological polar surface area (TPSA) is 85.6 Å². The van der Waals surface area contributed by atoms with Crippen molar-refractivity contribution in [2.24, 2.45) is 5.73 Å². The van der Waals surface area contributed by atoms with Gasteiger partial charge in [-0.3, -0.25) is 4.84 Å². The molecule has 1 aromatic rings. The number of hydrogen-bond donors (Lipinski definition) is 3. The van der Waals surface area contributed by atoms with Gasteiger partial charge in [0.05, 0.1) is 12.6 Å². The molecule has 0 heterocycles. The van der Waals surface area contributed by atoms with Crippen molar-refractivity contribution >= 4 is 6.09 Å². The van der Waals surface area contributed by atoms with Crippen LogP contribution in [0.15, 0.2) is 30.3 Å². The Hall–Kier alpha value is -1.63. The Morgan fingerprint density at radius 2 is 2.11 bits per heavy atom. The lowest BCUT2D eigenvalue weighted by atomic mass is 10.2. The van der Waals surface area contributed by atoms with Gasteiger partial charge in [-0.05, 0) is 5.56 Å². The Morgan fingerprint density at radius 1 is 1.39 bits per heavy atom. The minimum atomic E-state index is -0.506. The average Bonchev–Trinajstić information content (AvgIpc) is 2.42. The summed E-state index contributed by atoms with van der Waals surface area (Å²) in [5.41, 5.74) is 8.94. The Morgan fingerprint density at radius 3 is 2.72 bits per heavy atom. The second kappa shape index (κ2) is 8.46. The molecule has 0 spiro atoms. The zero-order chi connectivity index (χ0) is 13.2. The van der Waals surface area contributed by atoms with Crippen LogP contribution in [0.2, 0.25) is 0 Å². The minimum absolute atomic E-state index is 0.233. The number of rotatable bonds is 7. The van der Waals surface area contributed by atoms with Crippen molar-refractivity contribution in [3.63, 3.8) is 0 Å². The summed E-state index contributed by atoms with van der Waals surface area (Å²) in [6.45, 7) is 0.798. The van der Waals surface area contributed by atoms with E-state index in [0.717, 1.165) is 5.56 Å². The average molecular weight is 253 g/mol. The van der Waals surface area contributed by atoms with Crippen molar-refractivity contribution in [3.05, 3.63) is 35.9 Å². The van der Waals surface area contributed by atoms with E-state index in [1.54, 1.807) is 7.05 Å². The molecule has 0 bridgehead atoms. The SMILES string of the molecule is CNOCC(CN)NC(=O)OCc1ccccc1. The van der Waals surface area contributed by atoms with Gasteiger partial charge in [0.25, 0.3) is 0 Å². The summed E-state index contributed by atoms with van der Waals surface area (Å²) >= 11 is 0. The molecule has 100 valence electrons. The van der Waals surface area contributed by atoms with E-state index in [2.05, 4.69) is 10.8 Å². The standard InChI is InChI=1S/C12H19N3O3/c1-14-18-9-11(7-13)15-12(16)17-8-10-5-3-2-4-6-10/h2-6,11,14H,7-9,13H2,1H3,(H,15,16). The fourth-order valence-corrected chi connectivity index (χ4v) is 1.28. The second-order valence-electron chi connectivity index (χ2n) is 3.65. The van der Waals surface area contributed by atoms with E-state index in [4.69, 9.17) is 15.3 Å². The molecule has 0 aliphatic carbocycles. The molecule has 0 aliphatic heterocycles. The Kier molecular flexibility index (Phi) is 6.78. The Balaban J connectivity index is 2.28. The van der Waals surface area contributed by atoms with Crippen LogP contribution in [0.3, 0.4) is 0 Å². The van der Waals surface area contributed by atoms with Crippen LogP contribution in [-0.4, -0.2) is 32.3 Å². The quantitative estimate of drug-likeness (QED) is 0.612. The zero-order valence-corrected chi connectivity index (χ0v) is 10.4. The predicted molar refractivity (Wildman–Crippen MR) is 67.6 cm³/mol. The van der Waals surface area contributed by atoms with Crippen LogP contribution in [0.25, 0.3) is 0 Å². The fourth-order valence-electron chi connectivity index (χ4n) is 1.28. The highest BCUT2D eigenvalue weighted by molar-refractivity contribution is 5.67. The molecule has 6 nitrogen and oxygen atoms in total. The van der Waals surface area contributed by atoms with Gasteiger partial charge in [-0.25, -0.2) is 10.3 Å². The van der Waals surface area contributed by atoms with Gasteiger partial charge in [0.1, 0.15) is 6.61 Å². The third-order valence-electron chi connectivity index (χ3n) is 2.25. The van der Waals surface area contributed by atoms with Gasteiger partial charge in [0.2, 0.25) is 0 Å². The molecule has 0 aliphatic rings. The van der Waals surface area contributed by atoms with Crippen LogP contribution in [0, 0.1) is 0 Å². The van der Waals surface area contributed by atoms with Gasteiger partial charge < -0.3 is 15.8 Å². The smallest absolute Gasteiger partial charge is 0.407 e. The predicted octanol–water partition coefficient (Wildman–Crippen LogP) is 0.391. The molecule has 6 heteroatoms. The molecule has 0 saturated heterocycles. The van der Waals surface area contributed by atoms with E-state index < -0.39 is 6.09 Å². The number of alkyl carbamates (subject to hydrolysis) is 1. The Labute approximate surface area is 106 Å². The van der Waals surface area contributed by atoms with E-state index in [1.165, 1.54) is 0 Å². The molecule has 0 fully saturated rings. The molecule has 0 aromatic heterocycles. The highest BCUT2D eigenvalue weighted by Gasteiger charge is 2.11. The number of nitrogens with one attached hydrogen (secondary N) is 2. The first-order chi connectivity index (χ1) is 8.76. The summed E-state index contributed by atoms with van der Waals surface area (Å²) in [7, 11) is 1.64. The fraction of sp³-hybridized carbons (Fsp3) is 0.417. The van der Waals surface area contributed by atoms with Crippen molar-refractivity contribution in [1.82, 2.24) is 10.8 Å². The van der Waals surface area contributed by atoms with Crippen molar-refractivity contribution in [2.45, 2.75) is 12.6 Å². The van der Waals surface area contributed by atoms with Gasteiger partial charge in [-0.15, -0.1) is 0 Å². The van der Waals surface area contributed by atoms with Crippen molar-refractivity contribution in [2.75, 3.05) is 20.2 Å². The summed E-state index contributed by atoms with van der Waals surface area (Å²) in [5, 5.41) is 2.62. The minimum Gasteiger partial charge on any atom is -0.445 e. The van der Waals surface area contributed by atoms with Gasteiger partial charge in [-0.2, -0.15) is 0 Å². The summed E-state index contributed by atoms with van der Waals surface area (Å²) in [6, 6.07) is 9.18. The van der Waals surface area contributed by atoms with Gasteiger partial charge in [0.15, 0.2) is 0 Å². The van der Waals surface area contributed by atoms with E-state index in [9.17, 15) is 4.79 Å². The van der Waals surface area contributed by atoms with Crippen molar-refractivity contribution < 1.29 is 14.4 Å². The van der Waals surface area contributed by atoms with Gasteiger partial charge >= 0.3 is 6.09 Å². The number of hydroxylamine groups is 1. The maximum absolute atomic E-state index is 11.5.